The molecule has 0 aliphatic heterocycles. The zero-order valence-corrected chi connectivity index (χ0v) is 22.3. The molecule has 1 aliphatic rings. The van der Waals surface area contributed by atoms with Crippen molar-refractivity contribution in [2.24, 2.45) is 0 Å². The van der Waals surface area contributed by atoms with Crippen LogP contribution in [0.25, 0.3) is 11.2 Å². The summed E-state index contributed by atoms with van der Waals surface area (Å²) < 4.78 is 16.9. The van der Waals surface area contributed by atoms with E-state index in [1.54, 1.807) is 35.7 Å². The van der Waals surface area contributed by atoms with Gasteiger partial charge in [0.2, 0.25) is 0 Å². The summed E-state index contributed by atoms with van der Waals surface area (Å²) >= 11 is 19.6. The van der Waals surface area contributed by atoms with Gasteiger partial charge in [0.15, 0.2) is 0 Å². The number of benzene rings is 2. The number of halogens is 4. The van der Waals surface area contributed by atoms with Crippen molar-refractivity contribution in [3.63, 3.8) is 0 Å². The summed E-state index contributed by atoms with van der Waals surface area (Å²) in [6.45, 7) is 1.76. The van der Waals surface area contributed by atoms with Crippen molar-refractivity contribution in [3.05, 3.63) is 110 Å². The third kappa shape index (κ3) is 4.22. The molecule has 3 heterocycles. The van der Waals surface area contributed by atoms with Gasteiger partial charge in [-0.05, 0) is 61.7 Å². The van der Waals surface area contributed by atoms with Crippen molar-refractivity contribution >= 4 is 46.2 Å². The fourth-order valence-corrected chi connectivity index (χ4v) is 5.78. The van der Waals surface area contributed by atoms with Crippen LogP contribution in [0.4, 0.5) is 4.39 Å². The van der Waals surface area contributed by atoms with E-state index in [1.165, 1.54) is 23.3 Å². The third-order valence-corrected chi connectivity index (χ3v) is 8.04. The molecule has 0 radical (unpaired) electrons. The summed E-state index contributed by atoms with van der Waals surface area (Å²) in [5, 5.41) is 13.0. The Balaban J connectivity index is 1.41. The first-order valence-electron chi connectivity index (χ1n) is 11.8. The topological polar surface area (TPSA) is 77.1 Å². The van der Waals surface area contributed by atoms with E-state index < -0.39 is 5.54 Å². The van der Waals surface area contributed by atoms with Gasteiger partial charge in [-0.1, -0.05) is 46.9 Å². The molecule has 1 aliphatic carbocycles. The first-order chi connectivity index (χ1) is 18.2. The first-order valence-corrected chi connectivity index (χ1v) is 13.0. The van der Waals surface area contributed by atoms with E-state index in [0.29, 0.717) is 35.8 Å². The van der Waals surface area contributed by atoms with Gasteiger partial charge in [0.1, 0.15) is 18.0 Å². The Morgan fingerprint density at radius 1 is 1.08 bits per heavy atom. The zero-order chi connectivity index (χ0) is 26.6. The molecule has 6 rings (SSSR count). The SMILES string of the molecule is Cc1ncn(-c2ccc(C(=O)NC3(c4cccc(Cl)c4)CCc4nn5cc(F)ccc5c4C3)c(Cl)c2Cl)n1. The Hall–Kier alpha value is -3.46. The van der Waals surface area contributed by atoms with Crippen LogP contribution >= 0.6 is 34.8 Å². The summed E-state index contributed by atoms with van der Waals surface area (Å²) in [6.07, 6.45) is 4.45. The van der Waals surface area contributed by atoms with E-state index in [4.69, 9.17) is 34.8 Å². The third-order valence-electron chi connectivity index (χ3n) is 6.94. The fraction of sp³-hybridized carbons (Fsp3) is 0.185. The van der Waals surface area contributed by atoms with Crippen LogP contribution in [0.15, 0.2) is 61.1 Å². The quantitative estimate of drug-likeness (QED) is 0.282. The van der Waals surface area contributed by atoms with Crippen LogP contribution in [-0.4, -0.2) is 30.3 Å². The van der Waals surface area contributed by atoms with E-state index in [2.05, 4.69) is 20.5 Å². The Bertz CT molecular complexity index is 1730. The lowest BCUT2D eigenvalue weighted by Crippen LogP contribution is -2.49. The monoisotopic (exact) mass is 568 g/mol. The average Bonchev–Trinajstić information content (AvgIpc) is 3.47. The van der Waals surface area contributed by atoms with Gasteiger partial charge in [-0.15, -0.1) is 0 Å². The highest BCUT2D eigenvalue weighted by Crippen LogP contribution is 2.40. The van der Waals surface area contributed by atoms with Crippen LogP contribution in [0.3, 0.4) is 0 Å². The van der Waals surface area contributed by atoms with Crippen LogP contribution in [-0.2, 0) is 18.4 Å². The normalized spacial score (nSPS) is 17.0. The highest BCUT2D eigenvalue weighted by molar-refractivity contribution is 6.45. The fourth-order valence-electron chi connectivity index (χ4n) is 5.09. The Labute approximate surface area is 232 Å². The summed E-state index contributed by atoms with van der Waals surface area (Å²) in [5.41, 5.74) is 3.38. The lowest BCUT2D eigenvalue weighted by molar-refractivity contribution is 0.0886. The van der Waals surface area contributed by atoms with Crippen LogP contribution < -0.4 is 5.32 Å². The predicted octanol–water partition coefficient (Wildman–Crippen LogP) is 6.14. The molecule has 0 fully saturated rings. The van der Waals surface area contributed by atoms with Crippen molar-refractivity contribution in [2.45, 2.75) is 31.7 Å². The number of carbonyl (C=O) groups is 1. The van der Waals surface area contributed by atoms with Crippen molar-refractivity contribution < 1.29 is 9.18 Å². The van der Waals surface area contributed by atoms with Gasteiger partial charge in [-0.25, -0.2) is 18.6 Å². The van der Waals surface area contributed by atoms with Gasteiger partial charge in [0, 0.05) is 17.0 Å². The Kier molecular flexibility index (Phi) is 6.13. The average molecular weight is 570 g/mol. The van der Waals surface area contributed by atoms with Gasteiger partial charge in [-0.3, -0.25) is 4.79 Å². The molecule has 0 spiro atoms. The molecule has 38 heavy (non-hydrogen) atoms. The summed E-state index contributed by atoms with van der Waals surface area (Å²) in [7, 11) is 0. The first kappa shape index (κ1) is 24.9. The highest BCUT2D eigenvalue weighted by Gasteiger charge is 2.40. The number of hydrogen-bond acceptors (Lipinski definition) is 4. The number of pyridine rings is 1. The molecule has 1 atom stereocenters. The number of nitrogens with one attached hydrogen (secondary N) is 1. The summed E-state index contributed by atoms with van der Waals surface area (Å²) in [5.74, 6) is -0.179. The van der Waals surface area contributed by atoms with E-state index >= 15 is 0 Å². The van der Waals surface area contributed by atoms with Crippen molar-refractivity contribution in [1.29, 1.82) is 0 Å². The molecule has 2 aromatic carbocycles. The smallest absolute Gasteiger partial charge is 0.253 e. The van der Waals surface area contributed by atoms with E-state index in [0.717, 1.165) is 22.3 Å². The molecule has 0 saturated carbocycles. The van der Waals surface area contributed by atoms with Crippen LogP contribution in [0.1, 0.15) is 39.4 Å². The predicted molar refractivity (Wildman–Crippen MR) is 144 cm³/mol. The number of fused-ring (bicyclic) bond motifs is 3. The number of hydrogen-bond donors (Lipinski definition) is 1. The van der Waals surface area contributed by atoms with Gasteiger partial charge >= 0.3 is 0 Å². The van der Waals surface area contributed by atoms with E-state index in [9.17, 15) is 9.18 Å². The van der Waals surface area contributed by atoms with Crippen molar-refractivity contribution in [2.75, 3.05) is 0 Å². The molecular weight excluding hydrogens is 550 g/mol. The summed E-state index contributed by atoms with van der Waals surface area (Å²) in [4.78, 5) is 17.9. The Morgan fingerprint density at radius 3 is 2.68 bits per heavy atom. The van der Waals surface area contributed by atoms with Gasteiger partial charge < -0.3 is 5.32 Å². The van der Waals surface area contributed by atoms with Crippen LogP contribution in [0, 0.1) is 12.7 Å². The molecule has 0 saturated heterocycles. The number of nitrogens with zero attached hydrogens (tertiary/aromatic N) is 5. The molecule has 7 nitrogen and oxygen atoms in total. The maximum absolute atomic E-state index is 13.9. The van der Waals surface area contributed by atoms with Gasteiger partial charge in [-0.2, -0.15) is 10.2 Å². The molecule has 1 amide bonds. The number of carbonyl (C=O) groups excluding carboxylic acids is 1. The van der Waals surface area contributed by atoms with Crippen LogP contribution in [0.5, 0.6) is 0 Å². The van der Waals surface area contributed by atoms with Crippen molar-refractivity contribution in [3.8, 4) is 5.69 Å². The minimum absolute atomic E-state index is 0.110. The lowest BCUT2D eigenvalue weighted by Gasteiger charge is -2.38. The molecule has 1 unspecified atom stereocenters. The van der Waals surface area contributed by atoms with Crippen LogP contribution in [0.2, 0.25) is 15.1 Å². The molecule has 192 valence electrons. The second-order valence-corrected chi connectivity index (χ2v) is 10.5. The second kappa shape index (κ2) is 9.38. The molecule has 5 aromatic rings. The Morgan fingerprint density at radius 2 is 1.92 bits per heavy atom. The lowest BCUT2D eigenvalue weighted by atomic mass is 9.75. The number of aryl methyl sites for hydroxylation is 2. The molecule has 11 heteroatoms. The molecule has 3 aromatic heterocycles. The minimum Gasteiger partial charge on any atom is -0.342 e. The maximum atomic E-state index is 13.9. The van der Waals surface area contributed by atoms with Crippen molar-refractivity contribution in [1.82, 2.24) is 29.7 Å². The van der Waals surface area contributed by atoms with Gasteiger partial charge in [0.05, 0.1) is 44.2 Å². The van der Waals surface area contributed by atoms with E-state index in [-0.39, 0.29) is 27.3 Å². The molecular formula is C27H20Cl3FN6O. The largest absolute Gasteiger partial charge is 0.342 e. The highest BCUT2D eigenvalue weighted by atomic mass is 35.5. The summed E-state index contributed by atoms with van der Waals surface area (Å²) in [6, 6.07) is 13.8. The molecule has 0 bridgehead atoms. The standard InChI is InChI=1S/C27H20Cl3FN6O/c1-15-32-14-37(34-15)23-8-6-19(24(29)25(23)30)26(38)33-27(16-3-2-4-17(28)11-16)10-9-21-20(12-27)22-7-5-18(31)13-36(22)35-21/h2-8,11,13-14H,9-10,12H2,1H3,(H,33,38). The zero-order valence-electron chi connectivity index (χ0n) is 20.1. The second-order valence-electron chi connectivity index (χ2n) is 9.32. The van der Waals surface area contributed by atoms with E-state index in [1.807, 2.05) is 18.2 Å². The number of aromatic nitrogens is 5. The number of amides is 1. The molecule has 1 N–H and O–H groups in total. The maximum Gasteiger partial charge on any atom is 0.253 e. The minimum atomic E-state index is -0.815. The van der Waals surface area contributed by atoms with Gasteiger partial charge in [0.25, 0.3) is 5.91 Å². The number of rotatable bonds is 4.